The lowest BCUT2D eigenvalue weighted by Crippen LogP contribution is -2.23. The minimum Gasteiger partial charge on any atom is -0.493 e. The van der Waals surface area contributed by atoms with Crippen molar-refractivity contribution in [1.82, 2.24) is 0 Å². The molecular formula is C16H26O3. The molecule has 19 heavy (non-hydrogen) atoms. The van der Waals surface area contributed by atoms with Gasteiger partial charge in [-0.2, -0.15) is 0 Å². The zero-order chi connectivity index (χ0) is 14.4. The normalized spacial score (nSPS) is 14.2. The molecule has 0 heterocycles. The Morgan fingerprint density at radius 1 is 1.16 bits per heavy atom. The van der Waals surface area contributed by atoms with Crippen LogP contribution in [0.5, 0.6) is 5.75 Å². The van der Waals surface area contributed by atoms with Gasteiger partial charge in [0.05, 0.1) is 18.8 Å². The molecule has 3 nitrogen and oxygen atoms in total. The maximum Gasteiger partial charge on any atom is 0.122 e. The molecule has 0 radical (unpaired) electrons. The van der Waals surface area contributed by atoms with E-state index in [2.05, 4.69) is 26.8 Å². The molecule has 0 saturated heterocycles. The monoisotopic (exact) mass is 266 g/mol. The minimum absolute atomic E-state index is 0.576. The summed E-state index contributed by atoms with van der Waals surface area (Å²) in [6, 6.07) is 4.06. The summed E-state index contributed by atoms with van der Waals surface area (Å²) in [5.41, 5.74) is 3.59. The van der Waals surface area contributed by atoms with Crippen molar-refractivity contribution < 1.29 is 14.9 Å². The van der Waals surface area contributed by atoms with Crippen LogP contribution in [0, 0.1) is 13.8 Å². The fraction of sp³-hybridized carbons (Fsp3) is 0.625. The van der Waals surface area contributed by atoms with Crippen molar-refractivity contribution >= 4 is 0 Å². The van der Waals surface area contributed by atoms with Gasteiger partial charge in [0, 0.05) is 0 Å². The average molecular weight is 266 g/mol. The lowest BCUT2D eigenvalue weighted by atomic mass is 9.96. The lowest BCUT2D eigenvalue weighted by Gasteiger charge is -2.17. The van der Waals surface area contributed by atoms with Crippen molar-refractivity contribution in [1.29, 1.82) is 0 Å². The summed E-state index contributed by atoms with van der Waals surface area (Å²) in [6.07, 6.45) is 1.02. The van der Waals surface area contributed by atoms with Crippen molar-refractivity contribution in [3.05, 3.63) is 28.8 Å². The average Bonchev–Trinajstić information content (AvgIpc) is 2.38. The zero-order valence-corrected chi connectivity index (χ0v) is 12.4. The first-order chi connectivity index (χ1) is 8.97. The Balaban J connectivity index is 2.73. The van der Waals surface area contributed by atoms with Crippen LogP contribution >= 0.6 is 0 Å². The molecule has 0 aromatic heterocycles. The number of benzene rings is 1. The second-order valence-electron chi connectivity index (χ2n) is 5.17. The number of aryl methyl sites for hydroxylation is 1. The Hall–Kier alpha value is -1.06. The summed E-state index contributed by atoms with van der Waals surface area (Å²) in [5, 5.41) is 18.9. The molecule has 2 unspecified atom stereocenters. The van der Waals surface area contributed by atoms with Crippen LogP contribution < -0.4 is 4.74 Å². The van der Waals surface area contributed by atoms with Crippen LogP contribution in [0.2, 0.25) is 0 Å². The summed E-state index contributed by atoms with van der Waals surface area (Å²) in [7, 11) is 0. The van der Waals surface area contributed by atoms with Gasteiger partial charge in [-0.25, -0.2) is 0 Å². The van der Waals surface area contributed by atoms with Crippen LogP contribution in [0.4, 0.5) is 0 Å². The number of aliphatic hydroxyl groups excluding tert-OH is 2. The molecule has 1 aromatic rings. The summed E-state index contributed by atoms with van der Waals surface area (Å²) in [6.45, 7) is 8.59. The number of rotatable bonds is 7. The van der Waals surface area contributed by atoms with E-state index in [1.807, 2.05) is 6.07 Å². The first-order valence-corrected chi connectivity index (χ1v) is 7.05. The predicted octanol–water partition coefficient (Wildman–Crippen LogP) is 2.77. The smallest absolute Gasteiger partial charge is 0.122 e. The molecule has 1 aromatic carbocycles. The molecule has 0 aliphatic carbocycles. The van der Waals surface area contributed by atoms with Gasteiger partial charge in [0.15, 0.2) is 0 Å². The van der Waals surface area contributed by atoms with E-state index in [1.165, 1.54) is 11.1 Å². The highest BCUT2D eigenvalue weighted by Gasteiger charge is 2.13. The second-order valence-corrected chi connectivity index (χ2v) is 5.17. The third kappa shape index (κ3) is 4.51. The molecule has 0 spiro atoms. The molecule has 3 heteroatoms. The molecule has 1 rings (SSSR count). The van der Waals surface area contributed by atoms with Crippen molar-refractivity contribution in [3.8, 4) is 5.75 Å². The quantitative estimate of drug-likeness (QED) is 0.798. The van der Waals surface area contributed by atoms with E-state index < -0.39 is 12.2 Å². The lowest BCUT2D eigenvalue weighted by molar-refractivity contribution is 0.0265. The Kier molecular flexibility index (Phi) is 6.32. The second kappa shape index (κ2) is 7.51. The number of aliphatic hydroxyl groups is 2. The van der Waals surface area contributed by atoms with E-state index >= 15 is 0 Å². The van der Waals surface area contributed by atoms with E-state index in [0.717, 1.165) is 30.8 Å². The van der Waals surface area contributed by atoms with E-state index in [0.29, 0.717) is 6.42 Å². The molecule has 108 valence electrons. The molecule has 0 fully saturated rings. The Bertz CT molecular complexity index is 399. The predicted molar refractivity (Wildman–Crippen MR) is 77.7 cm³/mol. The van der Waals surface area contributed by atoms with Gasteiger partial charge in [-0.05, 0) is 62.8 Å². The van der Waals surface area contributed by atoms with Crippen LogP contribution in [-0.2, 0) is 6.42 Å². The first kappa shape index (κ1) is 16.0. The van der Waals surface area contributed by atoms with E-state index in [-0.39, 0.29) is 0 Å². The van der Waals surface area contributed by atoms with Crippen molar-refractivity contribution in [2.75, 3.05) is 6.61 Å². The van der Waals surface area contributed by atoms with Gasteiger partial charge in [-0.1, -0.05) is 13.0 Å². The van der Waals surface area contributed by atoms with Gasteiger partial charge in [0.25, 0.3) is 0 Å². The van der Waals surface area contributed by atoms with Crippen LogP contribution in [0.3, 0.4) is 0 Å². The molecular weight excluding hydrogens is 240 g/mol. The first-order valence-electron chi connectivity index (χ1n) is 7.05. The number of hydrogen-bond donors (Lipinski definition) is 2. The van der Waals surface area contributed by atoms with Gasteiger partial charge < -0.3 is 14.9 Å². The number of ether oxygens (including phenoxy) is 1. The molecule has 0 aliphatic rings. The van der Waals surface area contributed by atoms with Gasteiger partial charge >= 0.3 is 0 Å². The highest BCUT2D eigenvalue weighted by molar-refractivity contribution is 5.43. The fourth-order valence-corrected chi connectivity index (χ4v) is 2.04. The van der Waals surface area contributed by atoms with Crippen LogP contribution in [-0.4, -0.2) is 29.0 Å². The van der Waals surface area contributed by atoms with Gasteiger partial charge in [-0.15, -0.1) is 0 Å². The van der Waals surface area contributed by atoms with E-state index in [4.69, 9.17) is 4.74 Å². The Labute approximate surface area is 116 Å². The highest BCUT2D eigenvalue weighted by atomic mass is 16.5. The Morgan fingerprint density at radius 3 is 2.42 bits per heavy atom. The minimum atomic E-state index is -0.673. The highest BCUT2D eigenvalue weighted by Crippen LogP contribution is 2.25. The SMILES string of the molecule is CCCOc1ccc(CCC(O)C(C)O)c(C)c1C. The molecule has 0 aliphatic heterocycles. The largest absolute Gasteiger partial charge is 0.493 e. The zero-order valence-electron chi connectivity index (χ0n) is 12.4. The maximum absolute atomic E-state index is 9.64. The topological polar surface area (TPSA) is 49.7 Å². The standard InChI is InChI=1S/C16H26O3/c1-5-10-19-16-9-7-14(11(2)12(16)3)6-8-15(18)13(4)17/h7,9,13,15,17-18H,5-6,8,10H2,1-4H3. The molecule has 2 N–H and O–H groups in total. The fourth-order valence-electron chi connectivity index (χ4n) is 2.04. The molecule has 2 atom stereocenters. The van der Waals surface area contributed by atoms with Crippen molar-refractivity contribution in [2.45, 2.75) is 59.2 Å². The third-order valence-corrected chi connectivity index (χ3v) is 3.58. The maximum atomic E-state index is 9.64. The van der Waals surface area contributed by atoms with E-state index in [1.54, 1.807) is 6.92 Å². The summed E-state index contributed by atoms with van der Waals surface area (Å²) < 4.78 is 5.70. The molecule has 0 bridgehead atoms. The van der Waals surface area contributed by atoms with Crippen LogP contribution in [0.15, 0.2) is 12.1 Å². The third-order valence-electron chi connectivity index (χ3n) is 3.58. The number of hydrogen-bond acceptors (Lipinski definition) is 3. The van der Waals surface area contributed by atoms with E-state index in [9.17, 15) is 10.2 Å². The van der Waals surface area contributed by atoms with Gasteiger partial charge in [-0.3, -0.25) is 0 Å². The van der Waals surface area contributed by atoms with Crippen molar-refractivity contribution in [2.24, 2.45) is 0 Å². The Morgan fingerprint density at radius 2 is 1.84 bits per heavy atom. The molecule has 0 amide bonds. The van der Waals surface area contributed by atoms with Crippen LogP contribution in [0.25, 0.3) is 0 Å². The summed E-state index contributed by atoms with van der Waals surface area (Å²) in [4.78, 5) is 0. The van der Waals surface area contributed by atoms with Gasteiger partial charge in [0.1, 0.15) is 5.75 Å². The van der Waals surface area contributed by atoms with Crippen LogP contribution in [0.1, 0.15) is 43.4 Å². The summed E-state index contributed by atoms with van der Waals surface area (Å²) >= 11 is 0. The summed E-state index contributed by atoms with van der Waals surface area (Å²) in [5.74, 6) is 0.944. The molecule has 0 saturated carbocycles. The van der Waals surface area contributed by atoms with Crippen molar-refractivity contribution in [3.63, 3.8) is 0 Å². The van der Waals surface area contributed by atoms with Gasteiger partial charge in [0.2, 0.25) is 0 Å².